The number of nitrogens with zero attached hydrogens (tertiary/aromatic N) is 4. The second-order valence-corrected chi connectivity index (χ2v) is 7.31. The number of benzene rings is 2. The topological polar surface area (TPSA) is 109 Å². The Hall–Kier alpha value is -3.28. The monoisotopic (exact) mass is 409 g/mol. The molecular formula is C19H12ClN5O2S. The first-order chi connectivity index (χ1) is 13.5. The molecule has 0 saturated heterocycles. The van der Waals surface area contributed by atoms with Crippen molar-refractivity contribution in [2.24, 2.45) is 10.7 Å². The molecule has 0 amide bonds. The second-order valence-electron chi connectivity index (χ2n) is 6.04. The van der Waals surface area contributed by atoms with Crippen LogP contribution in [-0.4, -0.2) is 15.0 Å². The van der Waals surface area contributed by atoms with Gasteiger partial charge in [0.25, 0.3) is 5.69 Å². The van der Waals surface area contributed by atoms with Crippen LogP contribution in [0.4, 0.5) is 5.69 Å². The zero-order chi connectivity index (χ0) is 19.8. The van der Waals surface area contributed by atoms with Gasteiger partial charge in [-0.3, -0.25) is 15.0 Å². The van der Waals surface area contributed by atoms with E-state index in [0.29, 0.717) is 27.1 Å². The quantitative estimate of drug-likeness (QED) is 0.594. The first-order valence-electron chi connectivity index (χ1n) is 8.14. The normalized spacial score (nSPS) is 18.3. The lowest BCUT2D eigenvalue weighted by Gasteiger charge is -2.30. The molecule has 0 aromatic heterocycles. The number of amidine groups is 1. The highest BCUT2D eigenvalue weighted by molar-refractivity contribution is 8.16. The van der Waals surface area contributed by atoms with Crippen LogP contribution in [0.3, 0.4) is 0 Å². The van der Waals surface area contributed by atoms with E-state index in [4.69, 9.17) is 17.3 Å². The predicted molar refractivity (Wildman–Crippen MR) is 109 cm³/mol. The van der Waals surface area contributed by atoms with Gasteiger partial charge in [-0.05, 0) is 35.4 Å². The van der Waals surface area contributed by atoms with Gasteiger partial charge < -0.3 is 5.73 Å². The zero-order valence-corrected chi connectivity index (χ0v) is 15.8. The zero-order valence-electron chi connectivity index (χ0n) is 14.2. The Morgan fingerprint density at radius 1 is 1.21 bits per heavy atom. The highest BCUT2D eigenvalue weighted by Gasteiger charge is 2.35. The van der Waals surface area contributed by atoms with Crippen LogP contribution in [0.1, 0.15) is 17.2 Å². The van der Waals surface area contributed by atoms with E-state index in [-0.39, 0.29) is 5.69 Å². The molecule has 2 heterocycles. The fraction of sp³-hybridized carbons (Fsp3) is 0.0526. The molecule has 0 aliphatic carbocycles. The third-order valence-electron chi connectivity index (χ3n) is 4.42. The summed E-state index contributed by atoms with van der Waals surface area (Å²) in [7, 11) is 0. The van der Waals surface area contributed by atoms with Crippen molar-refractivity contribution in [2.75, 3.05) is 0 Å². The lowest BCUT2D eigenvalue weighted by atomic mass is 9.98. The van der Waals surface area contributed by atoms with Crippen molar-refractivity contribution in [1.82, 2.24) is 4.90 Å². The van der Waals surface area contributed by atoms with Crippen LogP contribution in [0.15, 0.2) is 70.3 Å². The second kappa shape index (κ2) is 7.03. The van der Waals surface area contributed by atoms with Crippen molar-refractivity contribution in [1.29, 1.82) is 5.26 Å². The van der Waals surface area contributed by atoms with Gasteiger partial charge in [0.05, 0.1) is 16.2 Å². The molecule has 4 rings (SSSR count). The molecule has 0 saturated carbocycles. The maximum Gasteiger partial charge on any atom is 0.269 e. The van der Waals surface area contributed by atoms with E-state index >= 15 is 0 Å². The van der Waals surface area contributed by atoms with Crippen LogP contribution in [0.2, 0.25) is 5.02 Å². The SMILES string of the molecule is N#CC1=C(N)N2C(c3ccc(Cl)cc3)=CSC2=NC1c1ccc([N+](=O)[O-])cc1. The van der Waals surface area contributed by atoms with Crippen molar-refractivity contribution in [3.05, 3.63) is 91.6 Å². The molecule has 138 valence electrons. The van der Waals surface area contributed by atoms with E-state index in [0.717, 1.165) is 11.3 Å². The molecule has 7 nitrogen and oxygen atoms in total. The smallest absolute Gasteiger partial charge is 0.269 e. The number of nitro benzene ring substituents is 1. The fourth-order valence-electron chi connectivity index (χ4n) is 3.03. The lowest BCUT2D eigenvalue weighted by Crippen LogP contribution is -2.33. The number of hydrogen-bond donors (Lipinski definition) is 1. The minimum atomic E-state index is -0.609. The van der Waals surface area contributed by atoms with Crippen molar-refractivity contribution in [2.45, 2.75) is 6.04 Å². The largest absolute Gasteiger partial charge is 0.384 e. The average Bonchev–Trinajstić information content (AvgIpc) is 3.13. The Morgan fingerprint density at radius 3 is 2.50 bits per heavy atom. The highest BCUT2D eigenvalue weighted by atomic mass is 35.5. The van der Waals surface area contributed by atoms with Crippen LogP contribution in [0.5, 0.6) is 0 Å². The number of rotatable bonds is 3. The van der Waals surface area contributed by atoms with Crippen LogP contribution in [0, 0.1) is 21.4 Å². The molecule has 1 unspecified atom stereocenters. The number of hydrogen-bond acceptors (Lipinski definition) is 7. The van der Waals surface area contributed by atoms with Gasteiger partial charge in [-0.2, -0.15) is 5.26 Å². The number of thioether (sulfide) groups is 1. The third-order valence-corrected chi connectivity index (χ3v) is 5.51. The molecule has 2 aromatic carbocycles. The molecule has 0 fully saturated rings. The minimum absolute atomic E-state index is 0.0220. The van der Waals surface area contributed by atoms with Gasteiger partial charge in [0, 0.05) is 22.6 Å². The van der Waals surface area contributed by atoms with Gasteiger partial charge in [0.2, 0.25) is 0 Å². The van der Waals surface area contributed by atoms with Gasteiger partial charge in [-0.1, -0.05) is 35.5 Å². The number of non-ortho nitro benzene ring substituents is 1. The molecule has 2 N–H and O–H groups in total. The van der Waals surface area contributed by atoms with Gasteiger partial charge >= 0.3 is 0 Å². The van der Waals surface area contributed by atoms with E-state index in [2.05, 4.69) is 11.1 Å². The first kappa shape index (κ1) is 18.1. The van der Waals surface area contributed by atoms with E-state index < -0.39 is 11.0 Å². The number of fused-ring (bicyclic) bond motifs is 1. The molecule has 2 aliphatic heterocycles. The molecule has 0 radical (unpaired) electrons. The maximum absolute atomic E-state index is 10.9. The van der Waals surface area contributed by atoms with Crippen LogP contribution < -0.4 is 5.73 Å². The molecule has 28 heavy (non-hydrogen) atoms. The first-order valence-corrected chi connectivity index (χ1v) is 9.40. The van der Waals surface area contributed by atoms with E-state index in [1.807, 2.05) is 17.5 Å². The molecule has 1 atom stereocenters. The van der Waals surface area contributed by atoms with Gasteiger partial charge in [0.15, 0.2) is 5.17 Å². The summed E-state index contributed by atoms with van der Waals surface area (Å²) in [4.78, 5) is 16.8. The number of halogens is 1. The predicted octanol–water partition coefficient (Wildman–Crippen LogP) is 4.40. The minimum Gasteiger partial charge on any atom is -0.384 e. The van der Waals surface area contributed by atoms with Gasteiger partial charge in [-0.25, -0.2) is 4.99 Å². The summed E-state index contributed by atoms with van der Waals surface area (Å²) >= 11 is 7.37. The van der Waals surface area contributed by atoms with Crippen molar-refractivity contribution in [3.8, 4) is 6.07 Å². The summed E-state index contributed by atoms with van der Waals surface area (Å²) in [6.07, 6.45) is 0. The molecule has 2 aliphatic rings. The summed E-state index contributed by atoms with van der Waals surface area (Å²) in [6.45, 7) is 0. The van der Waals surface area contributed by atoms with E-state index in [1.54, 1.807) is 29.2 Å². The van der Waals surface area contributed by atoms with Crippen molar-refractivity contribution >= 4 is 39.9 Å². The molecule has 9 heteroatoms. The van der Waals surface area contributed by atoms with Crippen LogP contribution in [0.25, 0.3) is 5.70 Å². The number of nitrogens with two attached hydrogens (primary N) is 1. The molecule has 0 spiro atoms. The highest BCUT2D eigenvalue weighted by Crippen LogP contribution is 2.43. The Kier molecular flexibility index (Phi) is 4.55. The molecule has 0 bridgehead atoms. The summed E-state index contributed by atoms with van der Waals surface area (Å²) in [6, 6.07) is 14.8. The lowest BCUT2D eigenvalue weighted by molar-refractivity contribution is -0.384. The van der Waals surface area contributed by atoms with Crippen molar-refractivity contribution in [3.63, 3.8) is 0 Å². The fourth-order valence-corrected chi connectivity index (χ4v) is 4.08. The van der Waals surface area contributed by atoms with Crippen LogP contribution in [-0.2, 0) is 0 Å². The number of aliphatic imine (C=N–C) groups is 1. The summed E-state index contributed by atoms with van der Waals surface area (Å²) in [5.74, 6) is 0.294. The Balaban J connectivity index is 1.73. The van der Waals surface area contributed by atoms with Gasteiger partial charge in [-0.15, -0.1) is 0 Å². The number of nitro groups is 1. The van der Waals surface area contributed by atoms with Crippen LogP contribution >= 0.6 is 23.4 Å². The third kappa shape index (κ3) is 3.01. The Bertz CT molecular complexity index is 1100. The summed E-state index contributed by atoms with van der Waals surface area (Å²) < 4.78 is 0. The van der Waals surface area contributed by atoms with E-state index in [1.165, 1.54) is 23.9 Å². The summed E-state index contributed by atoms with van der Waals surface area (Å²) in [5.41, 5.74) is 9.00. The van der Waals surface area contributed by atoms with Crippen molar-refractivity contribution < 1.29 is 4.92 Å². The van der Waals surface area contributed by atoms with E-state index in [9.17, 15) is 15.4 Å². The number of nitriles is 1. The summed E-state index contributed by atoms with van der Waals surface area (Å²) in [5, 5.41) is 23.8. The molecule has 2 aromatic rings. The van der Waals surface area contributed by atoms with Gasteiger partial charge in [0.1, 0.15) is 17.9 Å². The standard InChI is InChI=1S/C19H12ClN5O2S/c20-13-5-1-11(2-6-13)16-10-28-19-23-17(15(9-21)18(22)24(16)19)12-3-7-14(8-4-12)25(26)27/h1-8,10,17H,22H2. The Morgan fingerprint density at radius 2 is 1.89 bits per heavy atom. The Labute approximate surface area is 169 Å². The molecular weight excluding hydrogens is 398 g/mol. The maximum atomic E-state index is 10.9. The average molecular weight is 410 g/mol.